The van der Waals surface area contributed by atoms with E-state index in [4.69, 9.17) is 4.74 Å². The van der Waals surface area contributed by atoms with Crippen LogP contribution < -0.4 is 10.0 Å². The first-order valence-electron chi connectivity index (χ1n) is 8.52. The summed E-state index contributed by atoms with van der Waals surface area (Å²) in [6.45, 7) is 4.98. The van der Waals surface area contributed by atoms with Crippen LogP contribution in [0, 0.1) is 11.7 Å². The number of nitrogens with one attached hydrogen (secondary N) is 2. The minimum atomic E-state index is -3.64. The fraction of sp³-hybridized carbons (Fsp3) is 0.647. The Labute approximate surface area is 144 Å². The van der Waals surface area contributed by atoms with Crippen molar-refractivity contribution < 1.29 is 17.5 Å². The Hall–Kier alpha value is -1.18. The average molecular weight is 358 g/mol. The summed E-state index contributed by atoms with van der Waals surface area (Å²) in [6, 6.07) is 4.08. The van der Waals surface area contributed by atoms with Crippen molar-refractivity contribution >= 4 is 15.7 Å². The molecule has 2 N–H and O–H groups in total. The molecule has 2 atom stereocenters. The van der Waals surface area contributed by atoms with Gasteiger partial charge in [0, 0.05) is 12.6 Å². The van der Waals surface area contributed by atoms with Crippen molar-refractivity contribution in [3.63, 3.8) is 0 Å². The standard InChI is InChI=1S/C17H27FN2O3S/c1-4-12(5-2)17-10-13(8-9-23-17)20-16-7-6-14(11-15(16)18)24(21,22)19-3/h6-7,11-13,17,19-20H,4-5,8-10H2,1-3H3. The molecule has 0 radical (unpaired) electrons. The number of hydrogen-bond acceptors (Lipinski definition) is 4. The van der Waals surface area contributed by atoms with Gasteiger partial charge >= 0.3 is 0 Å². The molecule has 7 heteroatoms. The molecule has 2 unspecified atom stereocenters. The Morgan fingerprint density at radius 2 is 2.04 bits per heavy atom. The molecular weight excluding hydrogens is 331 g/mol. The summed E-state index contributed by atoms with van der Waals surface area (Å²) in [5.74, 6) is -0.0421. The van der Waals surface area contributed by atoms with Crippen molar-refractivity contribution in [1.29, 1.82) is 0 Å². The number of hydrogen-bond donors (Lipinski definition) is 2. The van der Waals surface area contributed by atoms with Crippen LogP contribution in [-0.2, 0) is 14.8 Å². The van der Waals surface area contributed by atoms with E-state index in [9.17, 15) is 12.8 Å². The SMILES string of the molecule is CCC(CC)C1CC(Nc2ccc(S(=O)(=O)NC)cc2F)CCO1. The lowest BCUT2D eigenvalue weighted by Gasteiger charge is -2.35. The number of sulfonamides is 1. The number of anilines is 1. The van der Waals surface area contributed by atoms with E-state index in [1.54, 1.807) is 0 Å². The molecule has 5 nitrogen and oxygen atoms in total. The molecule has 1 heterocycles. The third kappa shape index (κ3) is 4.46. The zero-order valence-electron chi connectivity index (χ0n) is 14.5. The first kappa shape index (κ1) is 19.1. The Bertz CT molecular complexity index is 647. The van der Waals surface area contributed by atoms with Crippen molar-refractivity contribution in [2.45, 2.75) is 56.6 Å². The second kappa shape index (κ2) is 8.27. The van der Waals surface area contributed by atoms with Gasteiger partial charge in [0.25, 0.3) is 0 Å². The maximum absolute atomic E-state index is 14.3. The van der Waals surface area contributed by atoms with Gasteiger partial charge in [0.1, 0.15) is 5.82 Å². The van der Waals surface area contributed by atoms with Crippen molar-refractivity contribution in [2.24, 2.45) is 5.92 Å². The number of halogens is 1. The molecule has 0 bridgehead atoms. The molecule has 0 aromatic heterocycles. The minimum absolute atomic E-state index is 0.0741. The first-order chi connectivity index (χ1) is 11.4. The summed E-state index contributed by atoms with van der Waals surface area (Å²) in [7, 11) is -2.33. The third-order valence-corrected chi connectivity index (χ3v) is 6.18. The summed E-state index contributed by atoms with van der Waals surface area (Å²) in [6.07, 6.45) is 3.98. The second-order valence-electron chi connectivity index (χ2n) is 6.20. The first-order valence-corrected chi connectivity index (χ1v) is 10.0. The van der Waals surface area contributed by atoms with Gasteiger partial charge in [-0.3, -0.25) is 0 Å². The normalized spacial score (nSPS) is 21.9. The lowest BCUT2D eigenvalue weighted by molar-refractivity contribution is -0.0271. The Morgan fingerprint density at radius 1 is 1.33 bits per heavy atom. The van der Waals surface area contributed by atoms with E-state index in [2.05, 4.69) is 23.9 Å². The summed E-state index contributed by atoms with van der Waals surface area (Å²) in [5.41, 5.74) is 0.334. The van der Waals surface area contributed by atoms with E-state index < -0.39 is 15.8 Å². The molecule has 0 saturated carbocycles. The molecule has 1 saturated heterocycles. The largest absolute Gasteiger partial charge is 0.380 e. The number of ether oxygens (including phenoxy) is 1. The average Bonchev–Trinajstić information content (AvgIpc) is 2.58. The molecule has 1 aliphatic rings. The number of benzene rings is 1. The quantitative estimate of drug-likeness (QED) is 0.786. The predicted octanol–water partition coefficient (Wildman–Crippen LogP) is 3.13. The highest BCUT2D eigenvalue weighted by molar-refractivity contribution is 7.89. The molecule has 24 heavy (non-hydrogen) atoms. The van der Waals surface area contributed by atoms with E-state index in [1.165, 1.54) is 19.2 Å². The van der Waals surface area contributed by atoms with Crippen molar-refractivity contribution in [1.82, 2.24) is 4.72 Å². The van der Waals surface area contributed by atoms with Gasteiger partial charge in [-0.15, -0.1) is 0 Å². The third-order valence-electron chi connectivity index (χ3n) is 4.77. The van der Waals surface area contributed by atoms with E-state index in [0.29, 0.717) is 18.2 Å². The van der Waals surface area contributed by atoms with Gasteiger partial charge in [-0.05, 0) is 44.0 Å². The minimum Gasteiger partial charge on any atom is -0.380 e. The number of rotatable bonds is 7. The predicted molar refractivity (Wildman–Crippen MR) is 93.1 cm³/mol. The molecule has 1 fully saturated rings. The van der Waals surface area contributed by atoms with Crippen LogP contribution in [-0.4, -0.2) is 34.2 Å². The molecule has 1 aromatic rings. The van der Waals surface area contributed by atoms with E-state index in [0.717, 1.165) is 31.7 Å². The second-order valence-corrected chi connectivity index (χ2v) is 8.09. The van der Waals surface area contributed by atoms with Crippen LogP contribution in [0.1, 0.15) is 39.5 Å². The van der Waals surface area contributed by atoms with Gasteiger partial charge in [0.2, 0.25) is 10.0 Å². The van der Waals surface area contributed by atoms with Crippen LogP contribution >= 0.6 is 0 Å². The molecule has 1 aliphatic heterocycles. The van der Waals surface area contributed by atoms with Crippen LogP contribution in [0.3, 0.4) is 0 Å². The molecular formula is C17H27FN2O3S. The zero-order valence-corrected chi connectivity index (χ0v) is 15.3. The highest BCUT2D eigenvalue weighted by atomic mass is 32.2. The van der Waals surface area contributed by atoms with Gasteiger partial charge < -0.3 is 10.1 Å². The van der Waals surface area contributed by atoms with Crippen LogP contribution in [0.2, 0.25) is 0 Å². The monoisotopic (exact) mass is 358 g/mol. The van der Waals surface area contributed by atoms with Crippen LogP contribution in [0.15, 0.2) is 23.1 Å². The van der Waals surface area contributed by atoms with Gasteiger partial charge in [0.15, 0.2) is 0 Å². The van der Waals surface area contributed by atoms with Crippen LogP contribution in [0.4, 0.5) is 10.1 Å². The highest BCUT2D eigenvalue weighted by Gasteiger charge is 2.28. The van der Waals surface area contributed by atoms with Gasteiger partial charge in [0.05, 0.1) is 16.7 Å². The van der Waals surface area contributed by atoms with E-state index in [1.807, 2.05) is 0 Å². The fourth-order valence-corrected chi connectivity index (χ4v) is 3.96. The Morgan fingerprint density at radius 3 is 2.62 bits per heavy atom. The molecule has 136 valence electrons. The van der Waals surface area contributed by atoms with Gasteiger partial charge in [-0.1, -0.05) is 26.7 Å². The Balaban J connectivity index is 2.08. The summed E-state index contributed by atoms with van der Waals surface area (Å²) >= 11 is 0. The summed E-state index contributed by atoms with van der Waals surface area (Å²) in [4.78, 5) is -0.0741. The fourth-order valence-electron chi connectivity index (χ4n) is 3.22. The van der Waals surface area contributed by atoms with Crippen molar-refractivity contribution in [3.8, 4) is 0 Å². The zero-order chi connectivity index (χ0) is 17.7. The molecule has 2 rings (SSSR count). The van der Waals surface area contributed by atoms with Gasteiger partial charge in [-0.25, -0.2) is 17.5 Å². The molecule has 1 aromatic carbocycles. The van der Waals surface area contributed by atoms with E-state index >= 15 is 0 Å². The topological polar surface area (TPSA) is 67.4 Å². The maximum Gasteiger partial charge on any atom is 0.240 e. The van der Waals surface area contributed by atoms with E-state index in [-0.39, 0.29) is 17.0 Å². The smallest absolute Gasteiger partial charge is 0.240 e. The van der Waals surface area contributed by atoms with Crippen molar-refractivity contribution in [3.05, 3.63) is 24.0 Å². The summed E-state index contributed by atoms with van der Waals surface area (Å²) in [5, 5.41) is 3.21. The Kier molecular flexibility index (Phi) is 6.60. The van der Waals surface area contributed by atoms with Gasteiger partial charge in [-0.2, -0.15) is 0 Å². The lowest BCUT2D eigenvalue weighted by atomic mass is 9.89. The van der Waals surface area contributed by atoms with Crippen LogP contribution in [0.5, 0.6) is 0 Å². The maximum atomic E-state index is 14.3. The molecule has 0 aliphatic carbocycles. The molecule has 0 amide bonds. The lowest BCUT2D eigenvalue weighted by Crippen LogP contribution is -2.38. The molecule has 0 spiro atoms. The van der Waals surface area contributed by atoms with Crippen LogP contribution in [0.25, 0.3) is 0 Å². The summed E-state index contributed by atoms with van der Waals surface area (Å²) < 4.78 is 45.8. The van der Waals surface area contributed by atoms with Crippen molar-refractivity contribution in [2.75, 3.05) is 19.0 Å². The highest BCUT2D eigenvalue weighted by Crippen LogP contribution is 2.28.